The molecule has 212 valence electrons. The summed E-state index contributed by atoms with van der Waals surface area (Å²) in [4.78, 5) is 59.4. The highest BCUT2D eigenvalue weighted by molar-refractivity contribution is 5.91. The lowest BCUT2D eigenvalue weighted by Gasteiger charge is -2.19. The molecule has 0 aliphatic carbocycles. The number of hydrogen-bond acceptors (Lipinski definition) is 11. The standard InChI is InChI=1S/C25H24N2O13/c1-10(23(33)27-13(24(34)35)8-20(31)32)26-25(36)40-22-18(37-2)4-11(5-19(22)38-3)16-9-15(30)21-14(29)6-12(28)7-17(21)39-16/h4-7,9-10,13,28-29H,8H2,1-3H3,(H,26,36)(H,27,33)(H,31,32)(H,34,35)/t10-,13?/m0/s1. The third-order valence-corrected chi connectivity index (χ3v) is 5.46. The number of amides is 2. The third kappa shape index (κ3) is 6.50. The van der Waals surface area contributed by atoms with Crippen molar-refractivity contribution in [2.24, 2.45) is 0 Å². The zero-order chi connectivity index (χ0) is 29.7. The average Bonchev–Trinajstić information content (AvgIpc) is 2.86. The van der Waals surface area contributed by atoms with Gasteiger partial charge in [-0.25, -0.2) is 9.59 Å². The van der Waals surface area contributed by atoms with Gasteiger partial charge < -0.3 is 49.7 Å². The van der Waals surface area contributed by atoms with Crippen molar-refractivity contribution in [1.29, 1.82) is 0 Å². The highest BCUT2D eigenvalue weighted by Gasteiger charge is 2.27. The lowest BCUT2D eigenvalue weighted by Crippen LogP contribution is -2.51. The topological polar surface area (TPSA) is 231 Å². The highest BCUT2D eigenvalue weighted by Crippen LogP contribution is 2.42. The summed E-state index contributed by atoms with van der Waals surface area (Å²) in [5.74, 6) is -5.16. The average molecular weight is 560 g/mol. The van der Waals surface area contributed by atoms with Gasteiger partial charge in [0.1, 0.15) is 40.3 Å². The van der Waals surface area contributed by atoms with Crippen LogP contribution in [-0.2, 0) is 14.4 Å². The fourth-order valence-electron chi connectivity index (χ4n) is 3.55. The van der Waals surface area contributed by atoms with Gasteiger partial charge in [0.05, 0.1) is 20.6 Å². The minimum atomic E-state index is -1.72. The lowest BCUT2D eigenvalue weighted by atomic mass is 10.1. The number of aromatic hydroxyl groups is 2. The predicted molar refractivity (Wildman–Crippen MR) is 135 cm³/mol. The quantitative estimate of drug-likeness (QED) is 0.206. The Balaban J connectivity index is 1.86. The number of carboxylic acids is 2. The van der Waals surface area contributed by atoms with Crippen LogP contribution in [0.25, 0.3) is 22.3 Å². The van der Waals surface area contributed by atoms with E-state index in [9.17, 15) is 34.2 Å². The maximum Gasteiger partial charge on any atom is 0.413 e. The second-order valence-electron chi connectivity index (χ2n) is 8.28. The Bertz CT molecular complexity index is 1520. The number of carbonyl (C=O) groups excluding carboxylic acids is 2. The van der Waals surface area contributed by atoms with Gasteiger partial charge >= 0.3 is 18.0 Å². The summed E-state index contributed by atoms with van der Waals surface area (Å²) < 4.78 is 21.5. The molecule has 0 fully saturated rings. The van der Waals surface area contributed by atoms with E-state index in [0.29, 0.717) is 0 Å². The monoisotopic (exact) mass is 560 g/mol. The minimum absolute atomic E-state index is 0.00487. The number of nitrogens with one attached hydrogen (secondary N) is 2. The summed E-state index contributed by atoms with van der Waals surface area (Å²) in [5, 5.41) is 41.7. The second kappa shape index (κ2) is 11.9. The Morgan fingerprint density at radius 2 is 1.57 bits per heavy atom. The third-order valence-electron chi connectivity index (χ3n) is 5.46. The van der Waals surface area contributed by atoms with Crippen LogP contribution in [0.1, 0.15) is 13.3 Å². The van der Waals surface area contributed by atoms with E-state index < -0.39 is 53.6 Å². The Morgan fingerprint density at radius 3 is 2.12 bits per heavy atom. The second-order valence-corrected chi connectivity index (χ2v) is 8.28. The summed E-state index contributed by atoms with van der Waals surface area (Å²) >= 11 is 0. The van der Waals surface area contributed by atoms with Crippen molar-refractivity contribution in [1.82, 2.24) is 10.6 Å². The lowest BCUT2D eigenvalue weighted by molar-refractivity contribution is -0.147. The fourth-order valence-corrected chi connectivity index (χ4v) is 3.55. The molecule has 2 aromatic carbocycles. The van der Waals surface area contributed by atoms with E-state index >= 15 is 0 Å². The molecule has 6 N–H and O–H groups in total. The molecule has 15 nitrogen and oxygen atoms in total. The van der Waals surface area contributed by atoms with E-state index in [4.69, 9.17) is 28.8 Å². The summed E-state index contributed by atoms with van der Waals surface area (Å²) in [7, 11) is 2.50. The van der Waals surface area contributed by atoms with Crippen LogP contribution in [0.3, 0.4) is 0 Å². The number of phenolic OH excluding ortho intramolecular Hbond substituents is 2. The zero-order valence-electron chi connectivity index (χ0n) is 21.2. The van der Waals surface area contributed by atoms with Gasteiger partial charge in [-0.15, -0.1) is 0 Å². The van der Waals surface area contributed by atoms with Crippen molar-refractivity contribution in [2.75, 3.05) is 14.2 Å². The van der Waals surface area contributed by atoms with E-state index in [0.717, 1.165) is 18.2 Å². The molecular weight excluding hydrogens is 536 g/mol. The molecule has 0 aliphatic rings. The number of hydrogen-bond donors (Lipinski definition) is 6. The molecule has 3 aromatic rings. The molecule has 0 spiro atoms. The van der Waals surface area contributed by atoms with Crippen LogP contribution in [0.4, 0.5) is 4.79 Å². The Hall–Kier alpha value is -5.47. The van der Waals surface area contributed by atoms with Crippen molar-refractivity contribution in [3.8, 4) is 40.1 Å². The summed E-state index contributed by atoms with van der Waals surface area (Å²) in [6.45, 7) is 1.21. The number of phenols is 2. The molecule has 0 bridgehead atoms. The van der Waals surface area contributed by atoms with E-state index in [1.54, 1.807) is 0 Å². The first-order valence-corrected chi connectivity index (χ1v) is 11.3. The number of carbonyl (C=O) groups is 4. The molecule has 15 heteroatoms. The molecule has 2 atom stereocenters. The summed E-state index contributed by atoms with van der Waals surface area (Å²) in [6.07, 6.45) is -2.04. The van der Waals surface area contributed by atoms with Crippen molar-refractivity contribution in [3.63, 3.8) is 0 Å². The van der Waals surface area contributed by atoms with Crippen LogP contribution < -0.4 is 30.3 Å². The molecule has 0 saturated carbocycles. The van der Waals surface area contributed by atoms with Crippen molar-refractivity contribution in [3.05, 3.63) is 40.6 Å². The predicted octanol–water partition coefficient (Wildman–Crippen LogP) is 1.41. The molecular formula is C25H24N2O13. The number of methoxy groups -OCH3 is 2. The van der Waals surface area contributed by atoms with Crippen LogP contribution in [0.15, 0.2) is 39.5 Å². The SMILES string of the molecule is COc1cc(-c2cc(=O)c3c(O)cc(O)cc3o2)cc(OC)c1OC(=O)N[C@@H](C)C(=O)NC(CC(=O)O)C(=O)O. The van der Waals surface area contributed by atoms with E-state index in [1.165, 1.54) is 33.3 Å². The molecule has 1 heterocycles. The van der Waals surface area contributed by atoms with Gasteiger partial charge in [-0.3, -0.25) is 14.4 Å². The Kier molecular flexibility index (Phi) is 8.68. The first-order valence-electron chi connectivity index (χ1n) is 11.3. The van der Waals surface area contributed by atoms with Gasteiger partial charge in [0.2, 0.25) is 11.7 Å². The maximum absolute atomic E-state index is 12.6. The number of rotatable bonds is 10. The van der Waals surface area contributed by atoms with Crippen LogP contribution >= 0.6 is 0 Å². The smallest absolute Gasteiger partial charge is 0.413 e. The molecule has 2 amide bonds. The van der Waals surface area contributed by atoms with Crippen LogP contribution in [0, 0.1) is 0 Å². The van der Waals surface area contributed by atoms with E-state index in [1.807, 2.05) is 5.32 Å². The molecule has 3 rings (SSSR count). The normalized spacial score (nSPS) is 12.2. The van der Waals surface area contributed by atoms with Gasteiger partial charge in [0.25, 0.3) is 0 Å². The Morgan fingerprint density at radius 1 is 0.950 bits per heavy atom. The fraction of sp³-hybridized carbons (Fsp3) is 0.240. The largest absolute Gasteiger partial charge is 0.508 e. The highest BCUT2D eigenvalue weighted by atomic mass is 16.6. The molecule has 0 saturated heterocycles. The van der Waals surface area contributed by atoms with Gasteiger partial charge in [0.15, 0.2) is 16.9 Å². The minimum Gasteiger partial charge on any atom is -0.508 e. The summed E-state index contributed by atoms with van der Waals surface area (Å²) in [5.41, 5.74) is -0.472. The Labute approximate surface area is 224 Å². The maximum atomic E-state index is 12.6. The van der Waals surface area contributed by atoms with Crippen LogP contribution in [0.5, 0.6) is 28.7 Å². The van der Waals surface area contributed by atoms with Crippen molar-refractivity contribution in [2.45, 2.75) is 25.4 Å². The first kappa shape index (κ1) is 29.1. The van der Waals surface area contributed by atoms with Crippen LogP contribution in [0.2, 0.25) is 0 Å². The van der Waals surface area contributed by atoms with Gasteiger partial charge in [0, 0.05) is 23.8 Å². The number of fused-ring (bicyclic) bond motifs is 1. The zero-order valence-corrected chi connectivity index (χ0v) is 21.2. The first-order chi connectivity index (χ1) is 18.8. The number of ether oxygens (including phenoxy) is 3. The molecule has 1 unspecified atom stereocenters. The number of carboxylic acid groups (broad SMARTS) is 2. The van der Waals surface area contributed by atoms with Crippen molar-refractivity contribution < 1.29 is 58.2 Å². The molecule has 1 aromatic heterocycles. The van der Waals surface area contributed by atoms with E-state index in [2.05, 4.69) is 5.32 Å². The van der Waals surface area contributed by atoms with Gasteiger partial charge in [-0.2, -0.15) is 0 Å². The number of aliphatic carboxylic acids is 2. The van der Waals surface area contributed by atoms with Gasteiger partial charge in [-0.05, 0) is 19.1 Å². The van der Waals surface area contributed by atoms with E-state index in [-0.39, 0.29) is 45.3 Å². The van der Waals surface area contributed by atoms with Crippen molar-refractivity contribution >= 4 is 34.9 Å². The number of benzene rings is 2. The molecule has 0 aliphatic heterocycles. The summed E-state index contributed by atoms with van der Waals surface area (Å²) in [6, 6.07) is 2.87. The molecule has 40 heavy (non-hydrogen) atoms. The van der Waals surface area contributed by atoms with Gasteiger partial charge in [-0.1, -0.05) is 0 Å². The van der Waals surface area contributed by atoms with Crippen LogP contribution in [-0.4, -0.2) is 70.7 Å². The molecule has 0 radical (unpaired) electrons.